The lowest BCUT2D eigenvalue weighted by atomic mass is 10.0. The molecule has 1 N–H and O–H groups in total. The number of carbonyl (C=O) groups is 1. The van der Waals surface area contributed by atoms with Crippen LogP contribution in [0.5, 0.6) is 5.88 Å². The van der Waals surface area contributed by atoms with Gasteiger partial charge >= 0.3 is 0 Å². The Morgan fingerprint density at radius 2 is 2.21 bits per heavy atom. The molecule has 0 aliphatic carbocycles. The molecule has 0 saturated carbocycles. The van der Waals surface area contributed by atoms with Gasteiger partial charge in [-0.15, -0.1) is 11.3 Å². The summed E-state index contributed by atoms with van der Waals surface area (Å²) in [5.41, 5.74) is 1.40. The van der Waals surface area contributed by atoms with Crippen molar-refractivity contribution in [2.24, 2.45) is 0 Å². The Morgan fingerprint density at radius 1 is 1.42 bits per heavy atom. The number of aryl methyl sites for hydroxylation is 1. The van der Waals surface area contributed by atoms with Crippen LogP contribution < -0.4 is 10.1 Å². The summed E-state index contributed by atoms with van der Waals surface area (Å²) >= 11 is 1.60. The number of amides is 1. The third-order valence-electron chi connectivity index (χ3n) is 4.05. The quantitative estimate of drug-likeness (QED) is 0.901. The number of likely N-dealkylation sites (tertiary alicyclic amines) is 1. The van der Waals surface area contributed by atoms with Gasteiger partial charge in [0.25, 0.3) is 5.91 Å². The fourth-order valence-corrected chi connectivity index (χ4v) is 3.42. The number of piperidine rings is 1. The third-order valence-corrected chi connectivity index (χ3v) is 4.76. The number of thiazole rings is 1. The highest BCUT2D eigenvalue weighted by atomic mass is 32.1. The minimum atomic E-state index is -0.00125. The van der Waals surface area contributed by atoms with Crippen molar-refractivity contribution in [3.8, 4) is 5.88 Å². The number of anilines is 1. The standard InChI is InChI=1S/C17H22N4O2S/c1-3-23-15-14(5-4-12(2)19-15)16(22)21-9-6-13(7-10-21)20-17-18-8-11-24-17/h4-5,8,11,13H,3,6-7,9-10H2,1-2H3,(H,18,20). The first-order valence-corrected chi connectivity index (χ1v) is 9.11. The van der Waals surface area contributed by atoms with E-state index in [1.165, 1.54) is 0 Å². The Bertz CT molecular complexity index is 682. The number of nitrogens with one attached hydrogen (secondary N) is 1. The number of ether oxygens (including phenoxy) is 1. The van der Waals surface area contributed by atoms with Crippen LogP contribution in [0.4, 0.5) is 5.13 Å². The number of hydrogen-bond acceptors (Lipinski definition) is 6. The molecule has 3 rings (SSSR count). The maximum absolute atomic E-state index is 12.8. The Balaban J connectivity index is 1.63. The molecular formula is C17H22N4O2S. The Morgan fingerprint density at radius 3 is 2.88 bits per heavy atom. The number of aromatic nitrogens is 2. The number of pyridine rings is 1. The minimum Gasteiger partial charge on any atom is -0.477 e. The molecule has 0 unspecified atom stereocenters. The zero-order valence-corrected chi connectivity index (χ0v) is 14.8. The molecule has 0 atom stereocenters. The highest BCUT2D eigenvalue weighted by molar-refractivity contribution is 7.13. The molecule has 2 aromatic heterocycles. The zero-order chi connectivity index (χ0) is 16.9. The molecule has 1 amide bonds. The number of nitrogens with zero attached hydrogens (tertiary/aromatic N) is 3. The first-order valence-electron chi connectivity index (χ1n) is 8.23. The van der Waals surface area contributed by atoms with Crippen molar-refractivity contribution in [3.05, 3.63) is 35.0 Å². The maximum Gasteiger partial charge on any atom is 0.259 e. The summed E-state index contributed by atoms with van der Waals surface area (Å²) in [7, 11) is 0. The average molecular weight is 346 g/mol. The normalized spacial score (nSPS) is 15.3. The molecule has 6 nitrogen and oxygen atoms in total. The van der Waals surface area contributed by atoms with E-state index in [1.54, 1.807) is 17.5 Å². The van der Waals surface area contributed by atoms with E-state index in [0.29, 0.717) is 24.1 Å². The molecular weight excluding hydrogens is 324 g/mol. The monoisotopic (exact) mass is 346 g/mol. The molecule has 0 radical (unpaired) electrons. The van der Waals surface area contributed by atoms with Crippen LogP contribution in [0.25, 0.3) is 0 Å². The lowest BCUT2D eigenvalue weighted by molar-refractivity contribution is 0.0713. The molecule has 0 spiro atoms. The van der Waals surface area contributed by atoms with Gasteiger partial charge < -0.3 is 15.0 Å². The van der Waals surface area contributed by atoms with E-state index in [0.717, 1.165) is 36.8 Å². The predicted octanol–water partition coefficient (Wildman–Crippen LogP) is 2.96. The fraction of sp³-hybridized carbons (Fsp3) is 0.471. The molecule has 128 valence electrons. The fourth-order valence-electron chi connectivity index (χ4n) is 2.81. The van der Waals surface area contributed by atoms with Crippen molar-refractivity contribution in [2.75, 3.05) is 25.0 Å². The summed E-state index contributed by atoms with van der Waals surface area (Å²) in [5.74, 6) is 0.434. The third kappa shape index (κ3) is 3.84. The van der Waals surface area contributed by atoms with Crippen molar-refractivity contribution in [1.29, 1.82) is 0 Å². The van der Waals surface area contributed by atoms with Crippen molar-refractivity contribution in [3.63, 3.8) is 0 Å². The summed E-state index contributed by atoms with van der Waals surface area (Å²) < 4.78 is 5.54. The number of carbonyl (C=O) groups excluding carboxylic acids is 1. The first kappa shape index (κ1) is 16.7. The van der Waals surface area contributed by atoms with Gasteiger partial charge in [-0.25, -0.2) is 9.97 Å². The summed E-state index contributed by atoms with van der Waals surface area (Å²) in [4.78, 5) is 23.3. The van der Waals surface area contributed by atoms with Crippen molar-refractivity contribution >= 4 is 22.4 Å². The molecule has 1 aliphatic heterocycles. The molecule has 1 fully saturated rings. The smallest absolute Gasteiger partial charge is 0.259 e. The topological polar surface area (TPSA) is 67.3 Å². The van der Waals surface area contributed by atoms with Gasteiger partial charge in [0.1, 0.15) is 5.56 Å². The van der Waals surface area contributed by atoms with E-state index in [4.69, 9.17) is 4.74 Å². The second kappa shape index (κ2) is 7.61. The van der Waals surface area contributed by atoms with Crippen LogP contribution in [0.3, 0.4) is 0 Å². The van der Waals surface area contributed by atoms with Gasteiger partial charge in [-0.3, -0.25) is 4.79 Å². The Labute approximate surface area is 145 Å². The second-order valence-corrected chi connectivity index (χ2v) is 6.68. The van der Waals surface area contributed by atoms with E-state index >= 15 is 0 Å². The van der Waals surface area contributed by atoms with Gasteiger partial charge in [-0.1, -0.05) is 0 Å². The molecule has 7 heteroatoms. The predicted molar refractivity (Wildman–Crippen MR) is 94.8 cm³/mol. The summed E-state index contributed by atoms with van der Waals surface area (Å²) in [6, 6.07) is 4.03. The average Bonchev–Trinajstić information content (AvgIpc) is 3.08. The largest absolute Gasteiger partial charge is 0.477 e. The summed E-state index contributed by atoms with van der Waals surface area (Å²) in [5, 5.41) is 6.34. The molecule has 0 aromatic carbocycles. The van der Waals surface area contributed by atoms with Gasteiger partial charge in [0.05, 0.1) is 6.61 Å². The Hall–Kier alpha value is -2.15. The van der Waals surface area contributed by atoms with Crippen LogP contribution >= 0.6 is 11.3 Å². The molecule has 0 bridgehead atoms. The van der Waals surface area contributed by atoms with E-state index in [-0.39, 0.29) is 5.91 Å². The maximum atomic E-state index is 12.8. The second-order valence-electron chi connectivity index (χ2n) is 5.79. The lowest BCUT2D eigenvalue weighted by Gasteiger charge is -2.32. The van der Waals surface area contributed by atoms with Gasteiger partial charge in [-0.2, -0.15) is 0 Å². The van der Waals surface area contributed by atoms with Crippen LogP contribution in [-0.2, 0) is 0 Å². The lowest BCUT2D eigenvalue weighted by Crippen LogP contribution is -2.42. The van der Waals surface area contributed by atoms with Crippen LogP contribution in [0.1, 0.15) is 35.8 Å². The van der Waals surface area contributed by atoms with E-state index < -0.39 is 0 Å². The van der Waals surface area contributed by atoms with Gasteiger partial charge in [-0.05, 0) is 38.8 Å². The van der Waals surface area contributed by atoms with Gasteiger partial charge in [0, 0.05) is 36.4 Å². The highest BCUT2D eigenvalue weighted by Gasteiger charge is 2.26. The van der Waals surface area contributed by atoms with Crippen molar-refractivity contribution in [1.82, 2.24) is 14.9 Å². The minimum absolute atomic E-state index is 0.00125. The first-order chi connectivity index (χ1) is 11.7. The summed E-state index contributed by atoms with van der Waals surface area (Å²) in [6.45, 7) is 5.74. The highest BCUT2D eigenvalue weighted by Crippen LogP contribution is 2.23. The molecule has 1 aliphatic rings. The molecule has 24 heavy (non-hydrogen) atoms. The van der Waals surface area contributed by atoms with Crippen molar-refractivity contribution < 1.29 is 9.53 Å². The molecule has 2 aromatic rings. The number of hydrogen-bond donors (Lipinski definition) is 1. The van der Waals surface area contributed by atoms with Crippen LogP contribution in [-0.4, -0.2) is 46.5 Å². The van der Waals surface area contributed by atoms with E-state index in [9.17, 15) is 4.79 Å². The number of rotatable bonds is 5. The van der Waals surface area contributed by atoms with Gasteiger partial charge in [0.2, 0.25) is 5.88 Å². The van der Waals surface area contributed by atoms with Gasteiger partial charge in [0.15, 0.2) is 5.13 Å². The van der Waals surface area contributed by atoms with Crippen LogP contribution in [0.15, 0.2) is 23.7 Å². The van der Waals surface area contributed by atoms with Crippen LogP contribution in [0.2, 0.25) is 0 Å². The Kier molecular flexibility index (Phi) is 5.30. The van der Waals surface area contributed by atoms with Crippen molar-refractivity contribution in [2.45, 2.75) is 32.7 Å². The molecule has 3 heterocycles. The SMILES string of the molecule is CCOc1nc(C)ccc1C(=O)N1CCC(Nc2nccs2)CC1. The van der Waals surface area contributed by atoms with Crippen LogP contribution in [0, 0.1) is 6.92 Å². The zero-order valence-electron chi connectivity index (χ0n) is 14.0. The van der Waals surface area contributed by atoms with E-state index in [2.05, 4.69) is 15.3 Å². The van der Waals surface area contributed by atoms with E-state index in [1.807, 2.05) is 36.3 Å². The molecule has 1 saturated heterocycles. The summed E-state index contributed by atoms with van der Waals surface area (Å²) in [6.07, 6.45) is 3.62.